The highest BCUT2D eigenvalue weighted by atomic mass is 16.5. The normalized spacial score (nSPS) is 10.9. The van der Waals surface area contributed by atoms with Crippen LogP contribution in [0.4, 0.5) is 0 Å². The Bertz CT molecular complexity index is 422. The number of benzene rings is 1. The van der Waals surface area contributed by atoms with Crippen LogP contribution in [0.15, 0.2) is 17.1 Å². The molecule has 0 heterocycles. The highest BCUT2D eigenvalue weighted by molar-refractivity contribution is 5.79. The number of nitrogens with one attached hydrogen (secondary N) is 2. The predicted molar refractivity (Wildman–Crippen MR) is 75.4 cm³/mol. The molecule has 106 valence electrons. The van der Waals surface area contributed by atoms with E-state index in [4.69, 9.17) is 14.2 Å². The minimum absolute atomic E-state index is 0.532. The molecule has 0 saturated heterocycles. The number of rotatable bonds is 5. The molecule has 6 heteroatoms. The predicted octanol–water partition coefficient (Wildman–Crippen LogP) is 1.01. The lowest BCUT2D eigenvalue weighted by atomic mass is 10.1. The van der Waals surface area contributed by atoms with E-state index < -0.39 is 0 Å². The molecule has 1 rings (SSSR count). The third-order valence-electron chi connectivity index (χ3n) is 2.71. The first-order valence-corrected chi connectivity index (χ1v) is 5.87. The largest absolute Gasteiger partial charge is 0.496 e. The van der Waals surface area contributed by atoms with Gasteiger partial charge in [-0.3, -0.25) is 4.99 Å². The van der Waals surface area contributed by atoms with Crippen molar-refractivity contribution in [2.24, 2.45) is 4.99 Å². The molecule has 1 aromatic rings. The van der Waals surface area contributed by atoms with Gasteiger partial charge in [0.15, 0.2) is 5.96 Å². The smallest absolute Gasteiger partial charge is 0.190 e. The van der Waals surface area contributed by atoms with Gasteiger partial charge < -0.3 is 24.8 Å². The summed E-state index contributed by atoms with van der Waals surface area (Å²) < 4.78 is 15.9. The molecule has 6 nitrogen and oxygen atoms in total. The van der Waals surface area contributed by atoms with Gasteiger partial charge in [-0.25, -0.2) is 0 Å². The molecule has 1 aromatic carbocycles. The molecular weight excluding hydrogens is 246 g/mol. The summed E-state index contributed by atoms with van der Waals surface area (Å²) in [6.45, 7) is 0.532. The zero-order chi connectivity index (χ0) is 14.3. The topological polar surface area (TPSA) is 64.1 Å². The number of nitrogens with zero attached hydrogens (tertiary/aromatic N) is 1. The highest BCUT2D eigenvalue weighted by Gasteiger charge is 2.13. The summed E-state index contributed by atoms with van der Waals surface area (Å²) in [5.41, 5.74) is 0.905. The van der Waals surface area contributed by atoms with Gasteiger partial charge >= 0.3 is 0 Å². The molecular formula is C13H21N3O3. The SMILES string of the molecule is CN=C(NC)NCc1c(OC)cc(OC)cc1OC. The van der Waals surface area contributed by atoms with Gasteiger partial charge in [0.05, 0.1) is 33.4 Å². The molecule has 19 heavy (non-hydrogen) atoms. The first kappa shape index (κ1) is 14.9. The lowest BCUT2D eigenvalue weighted by Gasteiger charge is -2.16. The third kappa shape index (κ3) is 3.67. The van der Waals surface area contributed by atoms with E-state index in [-0.39, 0.29) is 0 Å². The third-order valence-corrected chi connectivity index (χ3v) is 2.71. The van der Waals surface area contributed by atoms with Crippen molar-refractivity contribution in [1.82, 2.24) is 10.6 Å². The van der Waals surface area contributed by atoms with Crippen molar-refractivity contribution in [2.75, 3.05) is 35.4 Å². The molecule has 0 aliphatic carbocycles. The average Bonchev–Trinajstić information content (AvgIpc) is 2.47. The molecule has 0 aromatic heterocycles. The fraction of sp³-hybridized carbons (Fsp3) is 0.462. The molecule has 0 amide bonds. The van der Waals surface area contributed by atoms with Crippen molar-refractivity contribution in [3.05, 3.63) is 17.7 Å². The van der Waals surface area contributed by atoms with E-state index in [1.807, 2.05) is 12.1 Å². The van der Waals surface area contributed by atoms with Gasteiger partial charge in [-0.2, -0.15) is 0 Å². The molecule has 0 aliphatic rings. The van der Waals surface area contributed by atoms with Gasteiger partial charge in [0, 0.05) is 26.2 Å². The minimum Gasteiger partial charge on any atom is -0.496 e. The summed E-state index contributed by atoms with van der Waals surface area (Å²) in [5, 5.41) is 6.11. The number of hydrogen-bond donors (Lipinski definition) is 2. The van der Waals surface area contributed by atoms with Crippen molar-refractivity contribution < 1.29 is 14.2 Å². The maximum atomic E-state index is 5.37. The Morgan fingerprint density at radius 3 is 2.05 bits per heavy atom. The van der Waals surface area contributed by atoms with Crippen LogP contribution < -0.4 is 24.8 Å². The number of guanidine groups is 1. The van der Waals surface area contributed by atoms with Crippen molar-refractivity contribution in [2.45, 2.75) is 6.54 Å². The van der Waals surface area contributed by atoms with Crippen LogP contribution in [0.1, 0.15) is 5.56 Å². The standard InChI is InChI=1S/C13H21N3O3/c1-14-13(15-2)16-8-10-11(18-4)6-9(17-3)7-12(10)19-5/h6-7H,8H2,1-5H3,(H2,14,15,16). The van der Waals surface area contributed by atoms with E-state index in [0.29, 0.717) is 29.8 Å². The van der Waals surface area contributed by atoms with Crippen molar-refractivity contribution >= 4 is 5.96 Å². The summed E-state index contributed by atoms with van der Waals surface area (Å²) in [4.78, 5) is 4.05. The van der Waals surface area contributed by atoms with Crippen LogP contribution in [0.25, 0.3) is 0 Å². The van der Waals surface area contributed by atoms with E-state index in [1.165, 1.54) is 0 Å². The molecule has 0 bridgehead atoms. The molecule has 0 aliphatic heterocycles. The van der Waals surface area contributed by atoms with Crippen LogP contribution in [-0.4, -0.2) is 41.4 Å². The van der Waals surface area contributed by atoms with Gasteiger partial charge in [-0.05, 0) is 0 Å². The van der Waals surface area contributed by atoms with Crippen LogP contribution in [0.5, 0.6) is 17.2 Å². The summed E-state index contributed by atoms with van der Waals surface area (Å²) in [7, 11) is 8.35. The highest BCUT2D eigenvalue weighted by Crippen LogP contribution is 2.33. The van der Waals surface area contributed by atoms with E-state index in [1.54, 1.807) is 35.4 Å². The Balaban J connectivity index is 3.03. The van der Waals surface area contributed by atoms with Crippen LogP contribution >= 0.6 is 0 Å². The van der Waals surface area contributed by atoms with Crippen LogP contribution in [-0.2, 0) is 6.54 Å². The van der Waals surface area contributed by atoms with Crippen LogP contribution in [0.2, 0.25) is 0 Å². The minimum atomic E-state index is 0.532. The maximum absolute atomic E-state index is 5.37. The molecule has 0 fully saturated rings. The van der Waals surface area contributed by atoms with E-state index in [2.05, 4.69) is 15.6 Å². The lowest BCUT2D eigenvalue weighted by Crippen LogP contribution is -2.34. The van der Waals surface area contributed by atoms with Gasteiger partial charge in [-0.1, -0.05) is 0 Å². The first-order chi connectivity index (χ1) is 9.19. The van der Waals surface area contributed by atoms with E-state index >= 15 is 0 Å². The van der Waals surface area contributed by atoms with Crippen LogP contribution in [0, 0.1) is 0 Å². The zero-order valence-electron chi connectivity index (χ0n) is 12.0. The van der Waals surface area contributed by atoms with Crippen molar-refractivity contribution in [3.63, 3.8) is 0 Å². The number of aliphatic imine (C=N–C) groups is 1. The van der Waals surface area contributed by atoms with Gasteiger partial charge in [0.2, 0.25) is 0 Å². The lowest BCUT2D eigenvalue weighted by molar-refractivity contribution is 0.368. The molecule has 2 N–H and O–H groups in total. The quantitative estimate of drug-likeness (QED) is 0.615. The Morgan fingerprint density at radius 2 is 1.68 bits per heavy atom. The fourth-order valence-electron chi connectivity index (χ4n) is 1.70. The monoisotopic (exact) mass is 267 g/mol. The van der Waals surface area contributed by atoms with E-state index in [0.717, 1.165) is 5.56 Å². The Hall–Kier alpha value is -2.11. The summed E-state index contributed by atoms with van der Waals surface area (Å²) in [5.74, 6) is 2.79. The number of methoxy groups -OCH3 is 3. The van der Waals surface area contributed by atoms with Crippen LogP contribution in [0.3, 0.4) is 0 Å². The number of hydrogen-bond acceptors (Lipinski definition) is 4. The molecule has 0 saturated carbocycles. The molecule has 0 atom stereocenters. The Morgan fingerprint density at radius 1 is 1.11 bits per heavy atom. The van der Waals surface area contributed by atoms with Gasteiger partial charge in [-0.15, -0.1) is 0 Å². The van der Waals surface area contributed by atoms with E-state index in [9.17, 15) is 0 Å². The van der Waals surface area contributed by atoms with Gasteiger partial charge in [0.25, 0.3) is 0 Å². The first-order valence-electron chi connectivity index (χ1n) is 5.87. The Labute approximate surface area is 113 Å². The average molecular weight is 267 g/mol. The summed E-state index contributed by atoms with van der Waals surface area (Å²) >= 11 is 0. The Kier molecular flexibility index (Phi) is 5.78. The molecule has 0 unspecified atom stereocenters. The summed E-state index contributed by atoms with van der Waals surface area (Å²) in [6.07, 6.45) is 0. The zero-order valence-corrected chi connectivity index (χ0v) is 12.0. The number of ether oxygens (including phenoxy) is 3. The molecule has 0 spiro atoms. The molecule has 0 radical (unpaired) electrons. The van der Waals surface area contributed by atoms with Crippen molar-refractivity contribution in [3.8, 4) is 17.2 Å². The second-order valence-electron chi connectivity index (χ2n) is 3.69. The summed E-state index contributed by atoms with van der Waals surface area (Å²) in [6, 6.07) is 3.64. The van der Waals surface area contributed by atoms with Gasteiger partial charge in [0.1, 0.15) is 17.2 Å². The fourth-order valence-corrected chi connectivity index (χ4v) is 1.70. The van der Waals surface area contributed by atoms with Crippen molar-refractivity contribution in [1.29, 1.82) is 0 Å². The maximum Gasteiger partial charge on any atom is 0.190 e. The second kappa shape index (κ2) is 7.35. The second-order valence-corrected chi connectivity index (χ2v) is 3.69.